The fraction of sp³-hybridized carbons (Fsp3) is 0.320. The minimum atomic E-state index is -0.393. The van der Waals surface area contributed by atoms with Crippen molar-refractivity contribution >= 4 is 17.5 Å². The van der Waals surface area contributed by atoms with Crippen molar-refractivity contribution in [2.45, 2.75) is 45.6 Å². The van der Waals surface area contributed by atoms with Crippen molar-refractivity contribution in [3.05, 3.63) is 77.8 Å². The van der Waals surface area contributed by atoms with Gasteiger partial charge < -0.3 is 15.4 Å². The van der Waals surface area contributed by atoms with E-state index in [-0.39, 0.29) is 5.91 Å². The average Bonchev–Trinajstić information content (AvgIpc) is 3.27. The van der Waals surface area contributed by atoms with E-state index >= 15 is 0 Å². The number of nitrogens with zero attached hydrogens (tertiary/aromatic N) is 3. The van der Waals surface area contributed by atoms with E-state index in [1.165, 1.54) is 25.6 Å². The molecule has 4 rings (SSSR count). The van der Waals surface area contributed by atoms with Gasteiger partial charge in [0.25, 0.3) is 5.91 Å². The number of anilines is 2. The van der Waals surface area contributed by atoms with Gasteiger partial charge in [-0.2, -0.15) is 10.1 Å². The normalized spacial score (nSPS) is 15.1. The molecule has 2 heterocycles. The highest BCUT2D eigenvalue weighted by Crippen LogP contribution is 2.35. The van der Waals surface area contributed by atoms with Gasteiger partial charge in [-0.25, -0.2) is 4.68 Å². The van der Waals surface area contributed by atoms with Crippen LogP contribution in [0.15, 0.2) is 72.2 Å². The van der Waals surface area contributed by atoms with Crippen molar-refractivity contribution in [3.8, 4) is 5.75 Å². The predicted molar refractivity (Wildman–Crippen MR) is 126 cm³/mol. The van der Waals surface area contributed by atoms with Crippen LogP contribution in [-0.2, 0) is 4.79 Å². The molecule has 0 saturated heterocycles. The quantitative estimate of drug-likeness (QED) is 0.457. The van der Waals surface area contributed by atoms with Crippen molar-refractivity contribution in [2.75, 3.05) is 17.2 Å². The zero-order valence-corrected chi connectivity index (χ0v) is 18.5. The van der Waals surface area contributed by atoms with E-state index in [0.717, 1.165) is 29.1 Å². The first-order valence-electron chi connectivity index (χ1n) is 11.1. The minimum absolute atomic E-state index is 0.177. The number of amides is 1. The largest absolute Gasteiger partial charge is 0.494 e. The molecule has 1 atom stereocenters. The third-order valence-corrected chi connectivity index (χ3v) is 5.53. The molecule has 7 nitrogen and oxygen atoms in total. The molecule has 1 aliphatic rings. The van der Waals surface area contributed by atoms with Crippen LogP contribution in [0.25, 0.3) is 0 Å². The smallest absolute Gasteiger partial charge is 0.255 e. The highest BCUT2D eigenvalue weighted by atomic mass is 16.5. The molecule has 2 aromatic carbocycles. The number of rotatable bonds is 9. The topological polar surface area (TPSA) is 81.1 Å². The number of aromatic nitrogens is 3. The molecular formula is C25H29N5O2. The maximum Gasteiger partial charge on any atom is 0.255 e. The van der Waals surface area contributed by atoms with Crippen LogP contribution >= 0.6 is 0 Å². The first-order chi connectivity index (χ1) is 15.7. The third kappa shape index (κ3) is 4.82. The van der Waals surface area contributed by atoms with Crippen LogP contribution in [0.5, 0.6) is 5.75 Å². The summed E-state index contributed by atoms with van der Waals surface area (Å²) in [5.41, 5.74) is 3.03. The summed E-state index contributed by atoms with van der Waals surface area (Å²) in [6.07, 6.45) is 6.18. The fourth-order valence-electron chi connectivity index (χ4n) is 3.88. The molecule has 0 saturated carbocycles. The van der Waals surface area contributed by atoms with Crippen LogP contribution in [0.1, 0.15) is 51.1 Å². The summed E-state index contributed by atoms with van der Waals surface area (Å²) in [7, 11) is 0. The van der Waals surface area contributed by atoms with Gasteiger partial charge in [0.15, 0.2) is 0 Å². The van der Waals surface area contributed by atoms with Crippen LogP contribution in [0, 0.1) is 0 Å². The lowest BCUT2D eigenvalue weighted by molar-refractivity contribution is -0.113. The van der Waals surface area contributed by atoms with Gasteiger partial charge >= 0.3 is 0 Å². The molecule has 0 bridgehead atoms. The Balaban J connectivity index is 1.56. The molecule has 0 aliphatic carbocycles. The minimum Gasteiger partial charge on any atom is -0.494 e. The second kappa shape index (κ2) is 10.1. The monoisotopic (exact) mass is 431 g/mol. The number of benzene rings is 2. The lowest BCUT2D eigenvalue weighted by atomic mass is 9.95. The number of hydrogen-bond acceptors (Lipinski definition) is 5. The van der Waals surface area contributed by atoms with Gasteiger partial charge in [0, 0.05) is 11.4 Å². The predicted octanol–water partition coefficient (Wildman–Crippen LogP) is 5.16. The number of carbonyl (C=O) groups excluding carboxylic acids is 1. The average molecular weight is 432 g/mol. The molecule has 0 spiro atoms. The molecule has 1 aliphatic heterocycles. The van der Waals surface area contributed by atoms with Crippen molar-refractivity contribution in [3.63, 3.8) is 0 Å². The number of carbonyl (C=O) groups is 1. The van der Waals surface area contributed by atoms with Gasteiger partial charge in [-0.1, -0.05) is 56.5 Å². The van der Waals surface area contributed by atoms with E-state index < -0.39 is 6.04 Å². The Kier molecular flexibility index (Phi) is 6.84. The number of fused-ring (bicyclic) bond motifs is 1. The molecule has 0 fully saturated rings. The lowest BCUT2D eigenvalue weighted by Gasteiger charge is -2.28. The Hall–Kier alpha value is -3.61. The van der Waals surface area contributed by atoms with Crippen LogP contribution in [-0.4, -0.2) is 27.3 Å². The van der Waals surface area contributed by atoms with Crippen LogP contribution in [0.4, 0.5) is 11.6 Å². The zero-order valence-electron chi connectivity index (χ0n) is 18.5. The van der Waals surface area contributed by atoms with Gasteiger partial charge in [0.2, 0.25) is 5.95 Å². The number of unbranched alkanes of at least 4 members (excludes halogenated alkanes) is 3. The number of hydrogen-bond donors (Lipinski definition) is 2. The molecule has 166 valence electrons. The maximum absolute atomic E-state index is 13.3. The summed E-state index contributed by atoms with van der Waals surface area (Å²) in [4.78, 5) is 17.6. The van der Waals surface area contributed by atoms with Crippen molar-refractivity contribution in [2.24, 2.45) is 0 Å². The fourth-order valence-corrected chi connectivity index (χ4v) is 3.88. The van der Waals surface area contributed by atoms with E-state index in [9.17, 15) is 4.79 Å². The SMILES string of the molecule is CCCCCCOc1ccc([C@@H]2C(C(=O)Nc3ccccc3)=C(C)Nc3ncnn32)cc1. The molecule has 32 heavy (non-hydrogen) atoms. The lowest BCUT2D eigenvalue weighted by Crippen LogP contribution is -2.31. The van der Waals surface area contributed by atoms with Gasteiger partial charge in [0.05, 0.1) is 12.2 Å². The first kappa shape index (κ1) is 21.6. The Morgan fingerprint density at radius 2 is 1.88 bits per heavy atom. The van der Waals surface area contributed by atoms with E-state index in [4.69, 9.17) is 4.74 Å². The molecule has 1 amide bonds. The molecule has 2 N–H and O–H groups in total. The second-order valence-electron chi connectivity index (χ2n) is 7.89. The summed E-state index contributed by atoms with van der Waals surface area (Å²) in [6, 6.07) is 16.9. The van der Waals surface area contributed by atoms with Gasteiger partial charge in [0.1, 0.15) is 18.1 Å². The van der Waals surface area contributed by atoms with Crippen molar-refractivity contribution < 1.29 is 9.53 Å². The van der Waals surface area contributed by atoms with Crippen LogP contribution in [0.3, 0.4) is 0 Å². The number of nitrogens with one attached hydrogen (secondary N) is 2. The Morgan fingerprint density at radius 1 is 1.09 bits per heavy atom. The first-order valence-corrected chi connectivity index (χ1v) is 11.1. The highest BCUT2D eigenvalue weighted by Gasteiger charge is 2.33. The summed E-state index contributed by atoms with van der Waals surface area (Å²) >= 11 is 0. The maximum atomic E-state index is 13.3. The number of para-hydroxylation sites is 1. The number of allylic oxidation sites excluding steroid dienone is 1. The molecule has 1 aromatic heterocycles. The van der Waals surface area contributed by atoms with E-state index in [1.54, 1.807) is 4.68 Å². The summed E-state index contributed by atoms with van der Waals surface area (Å²) in [5, 5.41) is 10.6. The molecule has 7 heteroatoms. The van der Waals surface area contributed by atoms with E-state index in [1.807, 2.05) is 61.5 Å². The second-order valence-corrected chi connectivity index (χ2v) is 7.89. The Morgan fingerprint density at radius 3 is 2.62 bits per heavy atom. The van der Waals surface area contributed by atoms with E-state index in [0.29, 0.717) is 18.1 Å². The molecule has 0 unspecified atom stereocenters. The molecule has 0 radical (unpaired) electrons. The molecule has 3 aromatic rings. The number of ether oxygens (including phenoxy) is 1. The summed E-state index contributed by atoms with van der Waals surface area (Å²) in [5.74, 6) is 1.26. The van der Waals surface area contributed by atoms with Gasteiger partial charge in [-0.3, -0.25) is 4.79 Å². The van der Waals surface area contributed by atoms with Gasteiger partial charge in [-0.15, -0.1) is 0 Å². The Labute approximate surface area is 188 Å². The standard InChI is InChI=1S/C25H29N5O2/c1-3-4-5-9-16-32-21-14-12-19(13-15-21)23-22(18(2)28-25-26-17-27-30(23)25)24(31)29-20-10-7-6-8-11-20/h6-8,10-15,17,23H,3-5,9,16H2,1-2H3,(H,29,31)(H,26,27,28)/t23-/m1/s1. The Bertz CT molecular complexity index is 1070. The summed E-state index contributed by atoms with van der Waals surface area (Å²) < 4.78 is 7.63. The third-order valence-electron chi connectivity index (χ3n) is 5.53. The highest BCUT2D eigenvalue weighted by molar-refractivity contribution is 6.06. The summed E-state index contributed by atoms with van der Waals surface area (Å²) in [6.45, 7) is 4.80. The van der Waals surface area contributed by atoms with Crippen LogP contribution < -0.4 is 15.4 Å². The molecular weight excluding hydrogens is 402 g/mol. The van der Waals surface area contributed by atoms with Gasteiger partial charge in [-0.05, 0) is 43.2 Å². The van der Waals surface area contributed by atoms with Crippen molar-refractivity contribution in [1.82, 2.24) is 14.8 Å². The zero-order chi connectivity index (χ0) is 22.3. The van der Waals surface area contributed by atoms with E-state index in [2.05, 4.69) is 27.6 Å². The van der Waals surface area contributed by atoms with Crippen LogP contribution in [0.2, 0.25) is 0 Å². The van der Waals surface area contributed by atoms with Crippen molar-refractivity contribution in [1.29, 1.82) is 0 Å².